The summed E-state index contributed by atoms with van der Waals surface area (Å²) < 4.78 is 28.9. The third-order valence-electron chi connectivity index (χ3n) is 2.70. The van der Waals surface area contributed by atoms with Gasteiger partial charge in [0, 0.05) is 19.6 Å². The molecule has 0 saturated heterocycles. The number of rotatable bonds is 8. The molecule has 0 heterocycles. The molecule has 0 fully saturated rings. The highest BCUT2D eigenvalue weighted by atomic mass is 32.2. The maximum Gasteiger partial charge on any atom is 0.314 e. The predicted octanol–water partition coefficient (Wildman–Crippen LogP) is 0.0820. The van der Waals surface area contributed by atoms with E-state index in [4.69, 9.17) is 4.74 Å². The van der Waals surface area contributed by atoms with Gasteiger partial charge in [-0.15, -0.1) is 0 Å². The first-order valence-corrected chi connectivity index (χ1v) is 8.11. The molecule has 0 radical (unpaired) electrons. The highest BCUT2D eigenvalue weighted by molar-refractivity contribution is 7.88. The third kappa shape index (κ3) is 6.14. The van der Waals surface area contributed by atoms with Gasteiger partial charge in [0.15, 0.2) is 0 Å². The molecule has 6 nitrogen and oxygen atoms in total. The van der Waals surface area contributed by atoms with Crippen LogP contribution < -0.4 is 10.0 Å². The van der Waals surface area contributed by atoms with Gasteiger partial charge in [-0.25, -0.2) is 13.1 Å². The minimum atomic E-state index is -3.18. The van der Waals surface area contributed by atoms with Crippen molar-refractivity contribution in [1.29, 1.82) is 0 Å². The number of ether oxygens (including phenoxy) is 1. The van der Waals surface area contributed by atoms with Crippen molar-refractivity contribution < 1.29 is 17.9 Å². The Hall–Kier alpha value is -1.44. The highest BCUT2D eigenvalue weighted by Gasteiger charge is 2.20. The molecule has 7 heteroatoms. The summed E-state index contributed by atoms with van der Waals surface area (Å²) in [5.41, 5.74) is 0.864. The zero-order chi connectivity index (χ0) is 15.0. The SMILES string of the molecule is COC(=O)C(CNCCNS(C)(=O)=O)c1ccccc1. The maximum atomic E-state index is 11.8. The smallest absolute Gasteiger partial charge is 0.314 e. The van der Waals surface area contributed by atoms with E-state index < -0.39 is 15.9 Å². The van der Waals surface area contributed by atoms with Crippen LogP contribution in [0.1, 0.15) is 11.5 Å². The van der Waals surface area contributed by atoms with E-state index in [9.17, 15) is 13.2 Å². The van der Waals surface area contributed by atoms with Gasteiger partial charge in [-0.2, -0.15) is 0 Å². The first-order valence-electron chi connectivity index (χ1n) is 6.22. The fourth-order valence-electron chi connectivity index (χ4n) is 1.74. The number of benzene rings is 1. The van der Waals surface area contributed by atoms with Crippen LogP contribution in [0, 0.1) is 0 Å². The summed E-state index contributed by atoms with van der Waals surface area (Å²) in [6, 6.07) is 9.31. The van der Waals surface area contributed by atoms with Gasteiger partial charge in [0.1, 0.15) is 0 Å². The lowest BCUT2D eigenvalue weighted by Gasteiger charge is -2.15. The van der Waals surface area contributed by atoms with Crippen molar-refractivity contribution in [3.05, 3.63) is 35.9 Å². The number of hydrogen-bond acceptors (Lipinski definition) is 5. The van der Waals surface area contributed by atoms with E-state index in [1.165, 1.54) is 7.11 Å². The van der Waals surface area contributed by atoms with Crippen LogP contribution >= 0.6 is 0 Å². The van der Waals surface area contributed by atoms with Gasteiger partial charge in [-0.3, -0.25) is 4.79 Å². The molecule has 0 aliphatic rings. The van der Waals surface area contributed by atoms with Gasteiger partial charge in [-0.05, 0) is 5.56 Å². The Balaban J connectivity index is 2.49. The van der Waals surface area contributed by atoms with Crippen molar-refractivity contribution in [2.75, 3.05) is 33.0 Å². The number of methoxy groups -OCH3 is 1. The molecule has 0 aliphatic heterocycles. The van der Waals surface area contributed by atoms with Crippen molar-refractivity contribution in [2.45, 2.75) is 5.92 Å². The lowest BCUT2D eigenvalue weighted by Crippen LogP contribution is -2.34. The Labute approximate surface area is 119 Å². The lowest BCUT2D eigenvalue weighted by molar-refractivity contribution is -0.142. The third-order valence-corrected chi connectivity index (χ3v) is 3.43. The van der Waals surface area contributed by atoms with E-state index >= 15 is 0 Å². The first-order chi connectivity index (χ1) is 9.44. The molecule has 112 valence electrons. The summed E-state index contributed by atoms with van der Waals surface area (Å²) in [5, 5.41) is 3.04. The molecule has 1 aromatic carbocycles. The lowest BCUT2D eigenvalue weighted by atomic mass is 9.99. The van der Waals surface area contributed by atoms with Gasteiger partial charge < -0.3 is 10.1 Å². The molecule has 2 N–H and O–H groups in total. The second-order valence-electron chi connectivity index (χ2n) is 4.36. The summed E-state index contributed by atoms with van der Waals surface area (Å²) >= 11 is 0. The van der Waals surface area contributed by atoms with Gasteiger partial charge in [0.05, 0.1) is 19.3 Å². The molecule has 0 aliphatic carbocycles. The molecule has 1 unspecified atom stereocenters. The first kappa shape index (κ1) is 16.6. The average Bonchev–Trinajstić information content (AvgIpc) is 2.42. The predicted molar refractivity (Wildman–Crippen MR) is 76.9 cm³/mol. The molecular formula is C13H20N2O4S. The monoisotopic (exact) mass is 300 g/mol. The molecule has 1 aromatic rings. The van der Waals surface area contributed by atoms with Crippen LogP contribution in [0.4, 0.5) is 0 Å². The molecule has 0 amide bonds. The minimum Gasteiger partial charge on any atom is -0.469 e. The van der Waals surface area contributed by atoms with E-state index in [0.29, 0.717) is 13.1 Å². The summed E-state index contributed by atoms with van der Waals surface area (Å²) in [5.74, 6) is -0.723. The fourth-order valence-corrected chi connectivity index (χ4v) is 2.21. The minimum absolute atomic E-state index is 0.279. The Morgan fingerprint density at radius 3 is 2.45 bits per heavy atom. The quantitative estimate of drug-likeness (QED) is 0.525. The maximum absolute atomic E-state index is 11.8. The Bertz CT molecular complexity index is 516. The van der Waals surface area contributed by atoms with Crippen molar-refractivity contribution in [1.82, 2.24) is 10.0 Å². The van der Waals surface area contributed by atoms with Crippen LogP contribution in [0.2, 0.25) is 0 Å². The standard InChI is InChI=1S/C13H20N2O4S/c1-19-13(16)12(11-6-4-3-5-7-11)10-14-8-9-15-20(2,17)18/h3-7,12,14-15H,8-10H2,1-2H3. The summed E-state index contributed by atoms with van der Waals surface area (Å²) in [4.78, 5) is 11.8. The van der Waals surface area contributed by atoms with Crippen LogP contribution in [0.3, 0.4) is 0 Å². The summed E-state index contributed by atoms with van der Waals surface area (Å²) in [7, 11) is -1.83. The zero-order valence-corrected chi connectivity index (χ0v) is 12.4. The second kappa shape index (κ2) is 7.98. The molecule has 1 rings (SSSR count). The summed E-state index contributed by atoms with van der Waals surface area (Å²) in [6.45, 7) is 1.11. The van der Waals surface area contributed by atoms with Crippen LogP contribution in [0.5, 0.6) is 0 Å². The number of nitrogens with one attached hydrogen (secondary N) is 2. The van der Waals surface area contributed by atoms with E-state index in [2.05, 4.69) is 10.0 Å². The highest BCUT2D eigenvalue weighted by Crippen LogP contribution is 2.15. The Morgan fingerprint density at radius 2 is 1.90 bits per heavy atom. The topological polar surface area (TPSA) is 84.5 Å². The van der Waals surface area contributed by atoms with Gasteiger partial charge in [0.25, 0.3) is 0 Å². The van der Waals surface area contributed by atoms with E-state index in [1.54, 1.807) is 0 Å². The molecular weight excluding hydrogens is 280 g/mol. The number of carbonyl (C=O) groups excluding carboxylic acids is 1. The molecule has 20 heavy (non-hydrogen) atoms. The van der Waals surface area contributed by atoms with Crippen molar-refractivity contribution in [3.63, 3.8) is 0 Å². The number of hydrogen-bond donors (Lipinski definition) is 2. The van der Waals surface area contributed by atoms with Crippen LogP contribution in [-0.2, 0) is 19.6 Å². The van der Waals surface area contributed by atoms with Gasteiger partial charge in [-0.1, -0.05) is 30.3 Å². The van der Waals surface area contributed by atoms with Crippen molar-refractivity contribution in [3.8, 4) is 0 Å². The average molecular weight is 300 g/mol. The van der Waals surface area contributed by atoms with Crippen molar-refractivity contribution >= 4 is 16.0 Å². The Morgan fingerprint density at radius 1 is 1.25 bits per heavy atom. The normalized spacial score (nSPS) is 12.9. The van der Waals surface area contributed by atoms with Crippen LogP contribution in [0.15, 0.2) is 30.3 Å². The van der Waals surface area contributed by atoms with Crippen LogP contribution in [-0.4, -0.2) is 47.4 Å². The van der Waals surface area contributed by atoms with Gasteiger partial charge >= 0.3 is 5.97 Å². The fraction of sp³-hybridized carbons (Fsp3) is 0.462. The van der Waals surface area contributed by atoms with E-state index in [0.717, 1.165) is 11.8 Å². The zero-order valence-electron chi connectivity index (χ0n) is 11.6. The Kier molecular flexibility index (Phi) is 6.63. The van der Waals surface area contributed by atoms with E-state index in [1.807, 2.05) is 30.3 Å². The van der Waals surface area contributed by atoms with Crippen LogP contribution in [0.25, 0.3) is 0 Å². The number of esters is 1. The molecule has 0 aromatic heterocycles. The number of carbonyl (C=O) groups is 1. The molecule has 0 bridgehead atoms. The largest absolute Gasteiger partial charge is 0.469 e. The molecule has 1 atom stereocenters. The van der Waals surface area contributed by atoms with E-state index in [-0.39, 0.29) is 12.5 Å². The summed E-state index contributed by atoms with van der Waals surface area (Å²) in [6.07, 6.45) is 1.11. The van der Waals surface area contributed by atoms with Gasteiger partial charge in [0.2, 0.25) is 10.0 Å². The molecule has 0 saturated carbocycles. The number of sulfonamides is 1. The van der Waals surface area contributed by atoms with Crippen molar-refractivity contribution in [2.24, 2.45) is 0 Å². The second-order valence-corrected chi connectivity index (χ2v) is 6.19. The molecule has 0 spiro atoms.